The minimum absolute atomic E-state index is 0.109. The Labute approximate surface area is 42.0 Å². The van der Waals surface area contributed by atoms with E-state index in [9.17, 15) is 4.79 Å². The average molecular weight is 103 g/mol. The standard InChI is InChI=1S/C3H9N3O/c1-2-3(7)5-6-4/h6H,2,4H2,1H3,(H,5,7). The van der Waals surface area contributed by atoms with E-state index in [1.165, 1.54) is 0 Å². The Balaban J connectivity index is 3.00. The molecule has 4 N–H and O–H groups in total. The third kappa shape index (κ3) is 3.21. The second kappa shape index (κ2) is 3.58. The molecule has 0 radical (unpaired) electrons. The number of carbonyl (C=O) groups is 1. The molecular weight excluding hydrogens is 94.1 g/mol. The molecule has 0 rings (SSSR count). The van der Waals surface area contributed by atoms with Gasteiger partial charge in [0.25, 0.3) is 0 Å². The van der Waals surface area contributed by atoms with Crippen molar-refractivity contribution < 1.29 is 4.79 Å². The lowest BCUT2D eigenvalue weighted by Gasteiger charge is -1.95. The highest BCUT2D eigenvalue weighted by Gasteiger charge is 1.88. The largest absolute Gasteiger partial charge is 0.278 e. The molecule has 0 saturated carbocycles. The van der Waals surface area contributed by atoms with Crippen molar-refractivity contribution in [2.75, 3.05) is 0 Å². The van der Waals surface area contributed by atoms with E-state index in [0.29, 0.717) is 6.42 Å². The summed E-state index contributed by atoms with van der Waals surface area (Å²) in [5, 5.41) is 0. The van der Waals surface area contributed by atoms with Crippen LogP contribution in [0.25, 0.3) is 0 Å². The third-order valence-electron chi connectivity index (χ3n) is 0.533. The zero-order valence-corrected chi connectivity index (χ0v) is 4.19. The number of nitrogens with one attached hydrogen (secondary N) is 2. The third-order valence-corrected chi connectivity index (χ3v) is 0.533. The van der Waals surface area contributed by atoms with Gasteiger partial charge in [-0.2, -0.15) is 5.53 Å². The summed E-state index contributed by atoms with van der Waals surface area (Å²) in [5.74, 6) is 4.61. The first-order valence-corrected chi connectivity index (χ1v) is 2.05. The molecule has 0 spiro atoms. The van der Waals surface area contributed by atoms with Gasteiger partial charge in [-0.25, -0.2) is 0 Å². The second-order valence-corrected chi connectivity index (χ2v) is 1.05. The summed E-state index contributed by atoms with van der Waals surface area (Å²) in [7, 11) is 0. The lowest BCUT2D eigenvalue weighted by molar-refractivity contribution is -0.121. The first-order chi connectivity index (χ1) is 3.31. The summed E-state index contributed by atoms with van der Waals surface area (Å²) in [4.78, 5) is 10.2. The Hall–Kier alpha value is -0.610. The first kappa shape index (κ1) is 6.39. The molecule has 0 fully saturated rings. The number of nitrogens with two attached hydrogens (primary N) is 1. The molecule has 0 aliphatic heterocycles. The normalized spacial score (nSPS) is 8.29. The lowest BCUT2D eigenvalue weighted by Crippen LogP contribution is -2.41. The monoisotopic (exact) mass is 103 g/mol. The molecule has 0 saturated heterocycles. The summed E-state index contributed by atoms with van der Waals surface area (Å²) < 4.78 is 0. The van der Waals surface area contributed by atoms with Crippen LogP contribution in [0.4, 0.5) is 0 Å². The number of hydrazine groups is 2. The molecule has 7 heavy (non-hydrogen) atoms. The second-order valence-electron chi connectivity index (χ2n) is 1.05. The van der Waals surface area contributed by atoms with Crippen LogP contribution >= 0.6 is 0 Å². The molecule has 0 heterocycles. The van der Waals surface area contributed by atoms with Crippen molar-refractivity contribution in [2.45, 2.75) is 13.3 Å². The molecule has 42 valence electrons. The number of rotatable bonds is 2. The van der Waals surface area contributed by atoms with Crippen molar-refractivity contribution in [1.29, 1.82) is 0 Å². The van der Waals surface area contributed by atoms with Gasteiger partial charge in [-0.05, 0) is 0 Å². The van der Waals surface area contributed by atoms with E-state index in [2.05, 4.69) is 5.43 Å². The summed E-state index contributed by atoms with van der Waals surface area (Å²) in [6, 6.07) is 0. The maximum atomic E-state index is 10.2. The van der Waals surface area contributed by atoms with E-state index in [-0.39, 0.29) is 5.91 Å². The van der Waals surface area contributed by atoms with E-state index in [0.717, 1.165) is 0 Å². The van der Waals surface area contributed by atoms with Crippen molar-refractivity contribution in [3.8, 4) is 0 Å². The van der Waals surface area contributed by atoms with E-state index < -0.39 is 0 Å². The van der Waals surface area contributed by atoms with Crippen LogP contribution in [-0.2, 0) is 4.79 Å². The number of hydrogen-bond acceptors (Lipinski definition) is 3. The highest BCUT2D eigenvalue weighted by Crippen LogP contribution is 1.67. The Bertz CT molecular complexity index is 63.2. The Morgan fingerprint density at radius 1 is 1.86 bits per heavy atom. The maximum absolute atomic E-state index is 10.2. The topological polar surface area (TPSA) is 67.2 Å². The molecule has 0 aromatic carbocycles. The van der Waals surface area contributed by atoms with E-state index in [4.69, 9.17) is 5.84 Å². The minimum atomic E-state index is -0.109. The quantitative estimate of drug-likeness (QED) is 0.306. The van der Waals surface area contributed by atoms with Gasteiger partial charge in [-0.3, -0.25) is 16.1 Å². The Morgan fingerprint density at radius 3 is 2.57 bits per heavy atom. The van der Waals surface area contributed by atoms with Crippen molar-refractivity contribution in [2.24, 2.45) is 5.84 Å². The van der Waals surface area contributed by atoms with Crippen LogP contribution in [0.1, 0.15) is 13.3 Å². The highest BCUT2D eigenvalue weighted by molar-refractivity contribution is 5.74. The van der Waals surface area contributed by atoms with Crippen molar-refractivity contribution >= 4 is 5.91 Å². The highest BCUT2D eigenvalue weighted by atomic mass is 16.2. The molecular formula is C3H9N3O. The van der Waals surface area contributed by atoms with Gasteiger partial charge >= 0.3 is 0 Å². The molecule has 1 amide bonds. The van der Waals surface area contributed by atoms with Gasteiger partial charge < -0.3 is 0 Å². The lowest BCUT2D eigenvalue weighted by atomic mass is 10.5. The van der Waals surface area contributed by atoms with Gasteiger partial charge in [0.1, 0.15) is 0 Å². The van der Waals surface area contributed by atoms with Crippen LogP contribution < -0.4 is 16.8 Å². The molecule has 0 bridgehead atoms. The fourth-order valence-electron chi connectivity index (χ4n) is 0.169. The van der Waals surface area contributed by atoms with Crippen LogP contribution in [0.5, 0.6) is 0 Å². The summed E-state index contributed by atoms with van der Waals surface area (Å²) >= 11 is 0. The van der Waals surface area contributed by atoms with Crippen molar-refractivity contribution in [3.63, 3.8) is 0 Å². The van der Waals surface area contributed by atoms with E-state index in [1.807, 2.05) is 5.53 Å². The Morgan fingerprint density at radius 2 is 2.43 bits per heavy atom. The average Bonchev–Trinajstić information content (AvgIpc) is 1.68. The molecule has 0 unspecified atom stereocenters. The Kier molecular flexibility index (Phi) is 3.26. The van der Waals surface area contributed by atoms with Gasteiger partial charge in [0.05, 0.1) is 0 Å². The zero-order valence-electron chi connectivity index (χ0n) is 4.19. The van der Waals surface area contributed by atoms with Gasteiger partial charge in [-0.1, -0.05) is 6.92 Å². The minimum Gasteiger partial charge on any atom is -0.278 e. The summed E-state index contributed by atoms with van der Waals surface area (Å²) in [6.07, 6.45) is 0.449. The molecule has 0 aliphatic carbocycles. The number of hydrogen-bond donors (Lipinski definition) is 3. The maximum Gasteiger partial charge on any atom is 0.234 e. The zero-order chi connectivity index (χ0) is 5.70. The van der Waals surface area contributed by atoms with Gasteiger partial charge in [0, 0.05) is 6.42 Å². The van der Waals surface area contributed by atoms with Gasteiger partial charge in [0.15, 0.2) is 0 Å². The fourth-order valence-corrected chi connectivity index (χ4v) is 0.169. The number of amides is 1. The fraction of sp³-hybridized carbons (Fsp3) is 0.667. The van der Waals surface area contributed by atoms with Crippen LogP contribution in [-0.4, -0.2) is 5.91 Å². The predicted octanol–water partition coefficient (Wildman–Crippen LogP) is -1.11. The van der Waals surface area contributed by atoms with Gasteiger partial charge in [-0.15, -0.1) is 0 Å². The molecule has 0 aliphatic rings. The van der Waals surface area contributed by atoms with Crippen LogP contribution in [0.2, 0.25) is 0 Å². The molecule has 4 heteroatoms. The van der Waals surface area contributed by atoms with Crippen LogP contribution in [0.3, 0.4) is 0 Å². The summed E-state index contributed by atoms with van der Waals surface area (Å²) in [6.45, 7) is 1.74. The van der Waals surface area contributed by atoms with E-state index >= 15 is 0 Å². The predicted molar refractivity (Wildman–Crippen MR) is 25.8 cm³/mol. The van der Waals surface area contributed by atoms with E-state index in [1.54, 1.807) is 6.92 Å². The molecule has 0 aromatic heterocycles. The molecule has 0 atom stereocenters. The van der Waals surface area contributed by atoms with Crippen molar-refractivity contribution in [3.05, 3.63) is 0 Å². The first-order valence-electron chi connectivity index (χ1n) is 2.05. The number of carbonyl (C=O) groups excluding carboxylic acids is 1. The smallest absolute Gasteiger partial charge is 0.234 e. The summed E-state index contributed by atoms with van der Waals surface area (Å²) in [5.41, 5.74) is 4.20. The van der Waals surface area contributed by atoms with Gasteiger partial charge in [0.2, 0.25) is 5.91 Å². The van der Waals surface area contributed by atoms with Crippen molar-refractivity contribution in [1.82, 2.24) is 11.0 Å². The van der Waals surface area contributed by atoms with Crippen LogP contribution in [0, 0.1) is 0 Å². The SMILES string of the molecule is CCC(=O)NNN. The molecule has 0 aromatic rings. The van der Waals surface area contributed by atoms with Crippen LogP contribution in [0.15, 0.2) is 0 Å². The molecule has 4 nitrogen and oxygen atoms in total.